The van der Waals surface area contributed by atoms with Crippen LogP contribution in [-0.2, 0) is 4.74 Å². The van der Waals surface area contributed by atoms with E-state index in [1.807, 2.05) is 0 Å². The molecule has 0 aliphatic carbocycles. The van der Waals surface area contributed by atoms with Crippen molar-refractivity contribution in [2.45, 2.75) is 6.10 Å². The van der Waals surface area contributed by atoms with E-state index in [-0.39, 0.29) is 12.0 Å². The molecule has 1 atom stereocenters. The Morgan fingerprint density at radius 2 is 2.56 bits per heavy atom. The summed E-state index contributed by atoms with van der Waals surface area (Å²) in [6, 6.07) is 1.68. The third-order valence-corrected chi connectivity index (χ3v) is 3.56. The van der Waals surface area contributed by atoms with E-state index in [2.05, 4.69) is 20.9 Å². The van der Waals surface area contributed by atoms with E-state index in [1.54, 1.807) is 23.4 Å². The van der Waals surface area contributed by atoms with Gasteiger partial charge in [-0.05, 0) is 6.07 Å². The molecule has 0 spiro atoms. The summed E-state index contributed by atoms with van der Waals surface area (Å²) < 4.78 is 10.7. The van der Waals surface area contributed by atoms with Gasteiger partial charge in [0.25, 0.3) is 5.91 Å². The first-order chi connectivity index (χ1) is 8.76. The average Bonchev–Trinajstić information content (AvgIpc) is 2.46. The predicted molar refractivity (Wildman–Crippen MR) is 70.2 cm³/mol. The molecular formula is C12H15BrN2O3. The van der Waals surface area contributed by atoms with E-state index < -0.39 is 0 Å². The fourth-order valence-corrected chi connectivity index (χ4v) is 2.28. The Balaban J connectivity index is 2.15. The molecule has 98 valence electrons. The lowest BCUT2D eigenvalue weighted by Gasteiger charge is -2.32. The molecule has 5 nitrogen and oxygen atoms in total. The van der Waals surface area contributed by atoms with E-state index in [0.29, 0.717) is 31.0 Å². The molecule has 0 radical (unpaired) electrons. The van der Waals surface area contributed by atoms with Gasteiger partial charge < -0.3 is 14.4 Å². The van der Waals surface area contributed by atoms with Gasteiger partial charge in [-0.2, -0.15) is 0 Å². The van der Waals surface area contributed by atoms with E-state index in [1.165, 1.54) is 7.11 Å². The second kappa shape index (κ2) is 6.15. The number of nitrogens with zero attached hydrogens (tertiary/aromatic N) is 2. The molecule has 1 aromatic rings. The Morgan fingerprint density at radius 3 is 3.28 bits per heavy atom. The number of ether oxygens (including phenoxy) is 2. The molecule has 1 aromatic heterocycles. The third kappa shape index (κ3) is 2.81. The third-order valence-electron chi connectivity index (χ3n) is 2.83. The Bertz CT molecular complexity index is 428. The van der Waals surface area contributed by atoms with Crippen LogP contribution in [0.4, 0.5) is 0 Å². The van der Waals surface area contributed by atoms with Gasteiger partial charge in [-0.25, -0.2) is 0 Å². The highest BCUT2D eigenvalue weighted by molar-refractivity contribution is 9.09. The van der Waals surface area contributed by atoms with Crippen molar-refractivity contribution in [3.63, 3.8) is 0 Å². The molecule has 1 aliphatic rings. The maximum atomic E-state index is 12.4. The fourth-order valence-electron chi connectivity index (χ4n) is 1.89. The van der Waals surface area contributed by atoms with Crippen molar-refractivity contribution >= 4 is 21.8 Å². The number of amides is 1. The largest absolute Gasteiger partial charge is 0.494 e. The summed E-state index contributed by atoms with van der Waals surface area (Å²) in [4.78, 5) is 18.1. The summed E-state index contributed by atoms with van der Waals surface area (Å²) in [5, 5.41) is 0.726. The zero-order valence-electron chi connectivity index (χ0n) is 10.1. The highest BCUT2D eigenvalue weighted by Crippen LogP contribution is 2.19. The Hall–Kier alpha value is -1.14. The van der Waals surface area contributed by atoms with Crippen molar-refractivity contribution < 1.29 is 14.3 Å². The van der Waals surface area contributed by atoms with Crippen LogP contribution < -0.4 is 4.74 Å². The number of carbonyl (C=O) groups excluding carboxylic acids is 1. The number of hydrogen-bond acceptors (Lipinski definition) is 4. The Morgan fingerprint density at radius 1 is 1.72 bits per heavy atom. The van der Waals surface area contributed by atoms with Gasteiger partial charge in [0.2, 0.25) is 0 Å². The minimum absolute atomic E-state index is 0.0384. The van der Waals surface area contributed by atoms with Crippen LogP contribution in [0.2, 0.25) is 0 Å². The maximum Gasteiger partial charge on any atom is 0.257 e. The van der Waals surface area contributed by atoms with Gasteiger partial charge in [-0.1, -0.05) is 15.9 Å². The van der Waals surface area contributed by atoms with Crippen LogP contribution in [0.5, 0.6) is 5.75 Å². The van der Waals surface area contributed by atoms with Gasteiger partial charge in [-0.15, -0.1) is 0 Å². The molecule has 2 heterocycles. The molecule has 0 N–H and O–H groups in total. The van der Waals surface area contributed by atoms with Gasteiger partial charge in [0.05, 0.1) is 31.6 Å². The number of halogens is 1. The Kier molecular flexibility index (Phi) is 4.54. The smallest absolute Gasteiger partial charge is 0.257 e. The monoisotopic (exact) mass is 314 g/mol. The molecule has 2 rings (SSSR count). The van der Waals surface area contributed by atoms with E-state index in [9.17, 15) is 4.79 Å². The number of pyridine rings is 1. The molecule has 6 heteroatoms. The van der Waals surface area contributed by atoms with Crippen LogP contribution >= 0.6 is 15.9 Å². The number of aromatic nitrogens is 1. The standard InChI is InChI=1S/C12H15BrN2O3/c1-17-11-7-14-3-2-10(11)12(16)15-4-5-18-9(6-13)8-15/h2-3,7,9H,4-6,8H2,1H3. The molecule has 1 unspecified atom stereocenters. The van der Waals surface area contributed by atoms with Gasteiger partial charge in [-0.3, -0.25) is 9.78 Å². The topological polar surface area (TPSA) is 51.7 Å². The summed E-state index contributed by atoms with van der Waals surface area (Å²) in [6.45, 7) is 1.76. The predicted octanol–water partition coefficient (Wildman–Crippen LogP) is 1.33. The molecule has 0 saturated carbocycles. The lowest BCUT2D eigenvalue weighted by molar-refractivity contribution is -0.00976. The van der Waals surface area contributed by atoms with Gasteiger partial charge >= 0.3 is 0 Å². The molecule has 1 aliphatic heterocycles. The van der Waals surface area contributed by atoms with Crippen LogP contribution in [0.15, 0.2) is 18.5 Å². The highest BCUT2D eigenvalue weighted by atomic mass is 79.9. The number of morpholine rings is 1. The zero-order chi connectivity index (χ0) is 13.0. The first kappa shape index (κ1) is 13.3. The first-order valence-electron chi connectivity index (χ1n) is 5.71. The van der Waals surface area contributed by atoms with E-state index in [4.69, 9.17) is 9.47 Å². The molecule has 1 fully saturated rings. The minimum atomic E-state index is -0.0384. The number of methoxy groups -OCH3 is 1. The molecule has 1 amide bonds. The number of hydrogen-bond donors (Lipinski definition) is 0. The number of alkyl halides is 1. The maximum absolute atomic E-state index is 12.4. The van der Waals surface area contributed by atoms with Crippen molar-refractivity contribution in [1.29, 1.82) is 0 Å². The lowest BCUT2D eigenvalue weighted by Crippen LogP contribution is -2.46. The molecule has 0 bridgehead atoms. The molecule has 1 saturated heterocycles. The van der Waals surface area contributed by atoms with Crippen molar-refractivity contribution in [2.75, 3.05) is 32.1 Å². The van der Waals surface area contributed by atoms with Crippen LogP contribution in [0.1, 0.15) is 10.4 Å². The lowest BCUT2D eigenvalue weighted by atomic mass is 10.2. The van der Waals surface area contributed by atoms with Crippen LogP contribution in [0.3, 0.4) is 0 Å². The second-order valence-electron chi connectivity index (χ2n) is 3.97. The van der Waals surface area contributed by atoms with E-state index in [0.717, 1.165) is 5.33 Å². The number of rotatable bonds is 3. The highest BCUT2D eigenvalue weighted by Gasteiger charge is 2.26. The summed E-state index contributed by atoms with van der Waals surface area (Å²) in [7, 11) is 1.54. The molecule has 18 heavy (non-hydrogen) atoms. The zero-order valence-corrected chi connectivity index (χ0v) is 11.7. The fraction of sp³-hybridized carbons (Fsp3) is 0.500. The number of carbonyl (C=O) groups is 1. The van der Waals surface area contributed by atoms with Gasteiger partial charge in [0, 0.05) is 24.6 Å². The summed E-state index contributed by atoms with van der Waals surface area (Å²) in [5.41, 5.74) is 0.544. The van der Waals surface area contributed by atoms with Crippen molar-refractivity contribution in [3.8, 4) is 5.75 Å². The second-order valence-corrected chi connectivity index (χ2v) is 4.62. The summed E-state index contributed by atoms with van der Waals surface area (Å²) >= 11 is 3.37. The SMILES string of the molecule is COc1cnccc1C(=O)N1CCOC(CBr)C1. The Labute approximate surface area is 114 Å². The molecule has 0 aromatic carbocycles. The summed E-state index contributed by atoms with van der Waals surface area (Å²) in [6.07, 6.45) is 3.20. The van der Waals surface area contributed by atoms with Gasteiger partial charge in [0.1, 0.15) is 5.75 Å². The van der Waals surface area contributed by atoms with Crippen molar-refractivity contribution in [3.05, 3.63) is 24.0 Å². The van der Waals surface area contributed by atoms with Crippen molar-refractivity contribution in [1.82, 2.24) is 9.88 Å². The van der Waals surface area contributed by atoms with E-state index >= 15 is 0 Å². The van der Waals surface area contributed by atoms with Crippen molar-refractivity contribution in [2.24, 2.45) is 0 Å². The average molecular weight is 315 g/mol. The summed E-state index contributed by atoms with van der Waals surface area (Å²) in [5.74, 6) is 0.466. The van der Waals surface area contributed by atoms with Crippen LogP contribution in [0, 0.1) is 0 Å². The molecular weight excluding hydrogens is 300 g/mol. The van der Waals surface area contributed by atoms with Crippen LogP contribution in [0.25, 0.3) is 0 Å². The minimum Gasteiger partial charge on any atom is -0.494 e. The normalized spacial score (nSPS) is 19.7. The van der Waals surface area contributed by atoms with Gasteiger partial charge in [0.15, 0.2) is 0 Å². The van der Waals surface area contributed by atoms with Crippen LogP contribution in [-0.4, -0.2) is 54.0 Å². The quantitative estimate of drug-likeness (QED) is 0.790. The first-order valence-corrected chi connectivity index (χ1v) is 6.83.